The summed E-state index contributed by atoms with van der Waals surface area (Å²) in [7, 11) is 0. The van der Waals surface area contributed by atoms with Crippen LogP contribution in [0.2, 0.25) is 5.02 Å². The number of aliphatic hydroxyl groups is 1. The van der Waals surface area contributed by atoms with Gasteiger partial charge in [0, 0.05) is 12.1 Å². The van der Waals surface area contributed by atoms with E-state index in [2.05, 4.69) is 0 Å². The van der Waals surface area contributed by atoms with Gasteiger partial charge >= 0.3 is 0 Å². The molecule has 92 valence electrons. The first-order chi connectivity index (χ1) is 8.13. The van der Waals surface area contributed by atoms with Gasteiger partial charge in [-0.15, -0.1) is 0 Å². The summed E-state index contributed by atoms with van der Waals surface area (Å²) >= 11 is 5.76. The molecular weight excluding hydrogens is 242 g/mol. The Morgan fingerprint density at radius 3 is 2.94 bits per heavy atom. The minimum Gasteiger partial charge on any atom is -0.506 e. The van der Waals surface area contributed by atoms with Gasteiger partial charge in [-0.2, -0.15) is 0 Å². The lowest BCUT2D eigenvalue weighted by Gasteiger charge is -2.23. The van der Waals surface area contributed by atoms with Crippen molar-refractivity contribution >= 4 is 17.5 Å². The van der Waals surface area contributed by atoms with Gasteiger partial charge in [0.25, 0.3) is 5.91 Å². The maximum absolute atomic E-state index is 12.2. The predicted molar refractivity (Wildman–Crippen MR) is 64.3 cm³/mol. The molecule has 0 aromatic heterocycles. The van der Waals surface area contributed by atoms with Crippen molar-refractivity contribution in [1.82, 2.24) is 4.90 Å². The molecule has 2 N–H and O–H groups in total. The van der Waals surface area contributed by atoms with E-state index in [-0.39, 0.29) is 29.3 Å². The van der Waals surface area contributed by atoms with Gasteiger partial charge in [-0.1, -0.05) is 11.6 Å². The van der Waals surface area contributed by atoms with E-state index in [1.54, 1.807) is 4.90 Å². The lowest BCUT2D eigenvalue weighted by atomic mass is 10.1. The second-order valence-electron chi connectivity index (χ2n) is 4.14. The number of amides is 1. The van der Waals surface area contributed by atoms with E-state index < -0.39 is 0 Å². The van der Waals surface area contributed by atoms with Crippen LogP contribution in [0.5, 0.6) is 5.75 Å². The third-order valence-corrected chi connectivity index (χ3v) is 3.35. The second-order valence-corrected chi connectivity index (χ2v) is 4.55. The maximum Gasteiger partial charge on any atom is 0.254 e. The summed E-state index contributed by atoms with van der Waals surface area (Å²) < 4.78 is 0. The number of benzene rings is 1. The predicted octanol–water partition coefficient (Wildman–Crippen LogP) is 1.64. The molecule has 0 bridgehead atoms. The molecule has 1 fully saturated rings. The average molecular weight is 256 g/mol. The number of hydrogen-bond acceptors (Lipinski definition) is 3. The van der Waals surface area contributed by atoms with Crippen LogP contribution in [0.25, 0.3) is 0 Å². The van der Waals surface area contributed by atoms with E-state index in [1.165, 1.54) is 18.2 Å². The summed E-state index contributed by atoms with van der Waals surface area (Å²) in [6, 6.07) is 4.29. The first-order valence-corrected chi connectivity index (χ1v) is 5.91. The van der Waals surface area contributed by atoms with Crippen molar-refractivity contribution in [1.29, 1.82) is 0 Å². The van der Waals surface area contributed by atoms with Crippen LogP contribution in [-0.4, -0.2) is 40.2 Å². The highest BCUT2D eigenvalue weighted by molar-refractivity contribution is 6.32. The molecule has 0 radical (unpaired) electrons. The fraction of sp³-hybridized carbons (Fsp3) is 0.417. The molecule has 4 nitrogen and oxygen atoms in total. The van der Waals surface area contributed by atoms with Crippen molar-refractivity contribution in [3.8, 4) is 5.75 Å². The Balaban J connectivity index is 2.21. The van der Waals surface area contributed by atoms with Gasteiger partial charge in [-0.05, 0) is 31.0 Å². The van der Waals surface area contributed by atoms with E-state index in [0.29, 0.717) is 12.1 Å². The Kier molecular flexibility index (Phi) is 3.54. The highest BCUT2D eigenvalue weighted by atomic mass is 35.5. The second kappa shape index (κ2) is 4.94. The monoisotopic (exact) mass is 255 g/mol. The number of carbonyl (C=O) groups excluding carboxylic acids is 1. The lowest BCUT2D eigenvalue weighted by molar-refractivity contribution is 0.0677. The van der Waals surface area contributed by atoms with Crippen LogP contribution in [0.1, 0.15) is 23.2 Å². The molecular formula is C12H14ClNO3. The summed E-state index contributed by atoms with van der Waals surface area (Å²) in [6.45, 7) is 0.639. The highest BCUT2D eigenvalue weighted by Crippen LogP contribution is 2.26. The minimum absolute atomic E-state index is 0.0163. The van der Waals surface area contributed by atoms with Gasteiger partial charge in [0.05, 0.1) is 17.7 Å². The summed E-state index contributed by atoms with van der Waals surface area (Å²) in [4.78, 5) is 13.8. The molecule has 0 aliphatic carbocycles. The van der Waals surface area contributed by atoms with Gasteiger partial charge in [-0.25, -0.2) is 0 Å². The van der Waals surface area contributed by atoms with Gasteiger partial charge in [-0.3, -0.25) is 4.79 Å². The van der Waals surface area contributed by atoms with Gasteiger partial charge in [0.15, 0.2) is 0 Å². The number of likely N-dealkylation sites (tertiary alicyclic amines) is 1. The fourth-order valence-corrected chi connectivity index (χ4v) is 2.28. The summed E-state index contributed by atoms with van der Waals surface area (Å²) in [5.41, 5.74) is 0.438. The lowest BCUT2D eigenvalue weighted by Crippen LogP contribution is -2.37. The highest BCUT2D eigenvalue weighted by Gasteiger charge is 2.28. The van der Waals surface area contributed by atoms with Crippen molar-refractivity contribution in [2.75, 3.05) is 13.2 Å². The molecule has 1 aliphatic rings. The van der Waals surface area contributed by atoms with Crippen molar-refractivity contribution in [3.05, 3.63) is 28.8 Å². The van der Waals surface area contributed by atoms with E-state index >= 15 is 0 Å². The Labute approximate surface area is 104 Å². The topological polar surface area (TPSA) is 60.8 Å². The van der Waals surface area contributed by atoms with E-state index in [1.807, 2.05) is 0 Å². The number of halogens is 1. The number of nitrogens with zero attached hydrogens (tertiary/aromatic N) is 1. The molecule has 2 rings (SSSR count). The molecule has 1 atom stereocenters. The summed E-state index contributed by atoms with van der Waals surface area (Å²) in [5.74, 6) is -0.188. The van der Waals surface area contributed by atoms with Crippen LogP contribution < -0.4 is 0 Å². The third-order valence-electron chi connectivity index (χ3n) is 3.04. The maximum atomic E-state index is 12.2. The van der Waals surface area contributed by atoms with Crippen LogP contribution in [0.15, 0.2) is 18.2 Å². The van der Waals surface area contributed by atoms with Crippen molar-refractivity contribution in [3.63, 3.8) is 0 Å². The minimum atomic E-state index is -0.150. The molecule has 1 aromatic carbocycles. The van der Waals surface area contributed by atoms with Crippen LogP contribution in [0, 0.1) is 0 Å². The quantitative estimate of drug-likeness (QED) is 0.845. The normalized spacial score (nSPS) is 19.6. The van der Waals surface area contributed by atoms with E-state index in [9.17, 15) is 15.0 Å². The van der Waals surface area contributed by atoms with Crippen LogP contribution in [0.3, 0.4) is 0 Å². The summed E-state index contributed by atoms with van der Waals surface area (Å²) in [5, 5.41) is 18.6. The van der Waals surface area contributed by atoms with Gasteiger partial charge in [0.1, 0.15) is 5.75 Å². The summed E-state index contributed by atoms with van der Waals surface area (Å²) in [6.07, 6.45) is 1.73. The van der Waals surface area contributed by atoms with Crippen LogP contribution >= 0.6 is 11.6 Å². The smallest absolute Gasteiger partial charge is 0.254 e. The molecule has 0 unspecified atom stereocenters. The third kappa shape index (κ3) is 2.37. The standard InChI is InChI=1S/C12H14ClNO3/c13-10-6-8(3-4-11(10)16)12(17)14-5-1-2-9(14)7-15/h3-4,6,9,15-16H,1-2,5,7H2/t9-/m1/s1. The number of rotatable bonds is 2. The SMILES string of the molecule is O=C(c1ccc(O)c(Cl)c1)N1CCC[C@@H]1CO. The zero-order valence-corrected chi connectivity index (χ0v) is 10.0. The first kappa shape index (κ1) is 12.2. The number of aliphatic hydroxyl groups excluding tert-OH is 1. The largest absolute Gasteiger partial charge is 0.506 e. The molecule has 5 heteroatoms. The molecule has 1 aromatic rings. The molecule has 1 heterocycles. The van der Waals surface area contributed by atoms with Gasteiger partial charge in [0.2, 0.25) is 0 Å². The molecule has 0 spiro atoms. The number of phenols is 1. The van der Waals surface area contributed by atoms with Crippen LogP contribution in [-0.2, 0) is 0 Å². The van der Waals surface area contributed by atoms with E-state index in [0.717, 1.165) is 12.8 Å². The molecule has 0 saturated carbocycles. The number of aromatic hydroxyl groups is 1. The number of carbonyl (C=O) groups is 1. The average Bonchev–Trinajstić information content (AvgIpc) is 2.80. The molecule has 1 aliphatic heterocycles. The van der Waals surface area contributed by atoms with Crippen molar-refractivity contribution < 1.29 is 15.0 Å². The van der Waals surface area contributed by atoms with Crippen LogP contribution in [0.4, 0.5) is 0 Å². The molecule has 1 amide bonds. The zero-order chi connectivity index (χ0) is 12.4. The Morgan fingerprint density at radius 1 is 1.53 bits per heavy atom. The van der Waals surface area contributed by atoms with E-state index in [4.69, 9.17) is 11.6 Å². The van der Waals surface area contributed by atoms with Crippen molar-refractivity contribution in [2.45, 2.75) is 18.9 Å². The van der Waals surface area contributed by atoms with Gasteiger partial charge < -0.3 is 15.1 Å². The fourth-order valence-electron chi connectivity index (χ4n) is 2.10. The zero-order valence-electron chi connectivity index (χ0n) is 9.27. The first-order valence-electron chi connectivity index (χ1n) is 5.54. The number of hydrogen-bond donors (Lipinski definition) is 2. The van der Waals surface area contributed by atoms with Crippen molar-refractivity contribution in [2.24, 2.45) is 0 Å². The Bertz CT molecular complexity index is 436. The molecule has 17 heavy (non-hydrogen) atoms. The number of phenolic OH excluding ortho intramolecular Hbond substituents is 1. The Hall–Kier alpha value is -1.26. The molecule has 1 saturated heterocycles. The Morgan fingerprint density at radius 2 is 2.29 bits per heavy atom.